The van der Waals surface area contributed by atoms with Gasteiger partial charge in [0.05, 0.1) is 16.6 Å². The lowest BCUT2D eigenvalue weighted by molar-refractivity contribution is 0.221. The lowest BCUT2D eigenvalue weighted by atomic mass is 9.95. The average Bonchev–Trinajstić information content (AvgIpc) is 2.91. The highest BCUT2D eigenvalue weighted by Crippen LogP contribution is 2.30. The molecule has 0 unspecified atom stereocenters. The zero-order chi connectivity index (χ0) is 28.7. The molecule has 0 saturated heterocycles. The maximum absolute atomic E-state index is 14.0. The van der Waals surface area contributed by atoms with Gasteiger partial charge >= 0.3 is 6.03 Å². The molecular weight excluding hydrogens is 538 g/mol. The van der Waals surface area contributed by atoms with Crippen molar-refractivity contribution >= 4 is 21.7 Å². The molecule has 0 saturated carbocycles. The van der Waals surface area contributed by atoms with Crippen molar-refractivity contribution in [2.75, 3.05) is 19.2 Å². The van der Waals surface area contributed by atoms with Crippen molar-refractivity contribution in [1.82, 2.24) is 15.0 Å². The first-order valence-corrected chi connectivity index (χ1v) is 13.8. The molecule has 1 heterocycles. The van der Waals surface area contributed by atoms with Gasteiger partial charge < -0.3 is 15.4 Å². The normalized spacial score (nSPS) is 12.0. The summed E-state index contributed by atoms with van der Waals surface area (Å²) in [7, 11) is -2.63. The Labute approximate surface area is 231 Å². The van der Waals surface area contributed by atoms with Gasteiger partial charge in [-0.2, -0.15) is 0 Å². The molecule has 4 aromatic rings. The van der Waals surface area contributed by atoms with Crippen molar-refractivity contribution < 1.29 is 26.7 Å². The summed E-state index contributed by atoms with van der Waals surface area (Å²) >= 11 is 0. The number of anilines is 1. The van der Waals surface area contributed by atoms with E-state index in [1.54, 1.807) is 44.4 Å². The van der Waals surface area contributed by atoms with Gasteiger partial charge in [-0.15, -0.1) is 0 Å². The van der Waals surface area contributed by atoms with Gasteiger partial charge in [-0.05, 0) is 66.4 Å². The Morgan fingerprint density at radius 1 is 0.975 bits per heavy atom. The molecule has 1 aromatic heterocycles. The van der Waals surface area contributed by atoms with E-state index in [1.165, 1.54) is 12.3 Å². The number of ether oxygens (including phenoxy) is 1. The van der Waals surface area contributed by atoms with E-state index in [9.17, 15) is 22.0 Å². The van der Waals surface area contributed by atoms with E-state index in [4.69, 9.17) is 4.74 Å². The summed E-state index contributed by atoms with van der Waals surface area (Å²) in [5.74, 6) is -1.55. The first kappa shape index (κ1) is 28.7. The summed E-state index contributed by atoms with van der Waals surface area (Å²) < 4.78 is 60.9. The van der Waals surface area contributed by atoms with E-state index in [-0.39, 0.29) is 16.9 Å². The van der Waals surface area contributed by atoms with Crippen LogP contribution in [-0.2, 0) is 21.2 Å². The van der Waals surface area contributed by atoms with Crippen molar-refractivity contribution in [1.29, 1.82) is 0 Å². The summed E-state index contributed by atoms with van der Waals surface area (Å²) in [5.41, 5.74) is 3.32. The molecule has 0 radical (unpaired) electrons. The van der Waals surface area contributed by atoms with Crippen LogP contribution in [0.15, 0.2) is 90.0 Å². The highest BCUT2D eigenvalue weighted by molar-refractivity contribution is 7.90. The Hall–Kier alpha value is -4.35. The predicted molar refractivity (Wildman–Crippen MR) is 148 cm³/mol. The van der Waals surface area contributed by atoms with Gasteiger partial charge in [-0.1, -0.05) is 36.4 Å². The Morgan fingerprint density at radius 3 is 2.35 bits per heavy atom. The fraction of sp³-hybridized carbons (Fsp3) is 0.172. The van der Waals surface area contributed by atoms with Gasteiger partial charge in [0.15, 0.2) is 0 Å². The number of nitrogens with one attached hydrogen (secondary N) is 3. The first-order chi connectivity index (χ1) is 19.2. The van der Waals surface area contributed by atoms with E-state index < -0.39 is 33.7 Å². The number of amides is 2. The van der Waals surface area contributed by atoms with Crippen LogP contribution < -0.4 is 15.4 Å². The molecule has 0 aliphatic carbocycles. The van der Waals surface area contributed by atoms with Crippen LogP contribution in [0.5, 0.6) is 0 Å². The van der Waals surface area contributed by atoms with Gasteiger partial charge in [-0.3, -0.25) is 4.98 Å². The summed E-state index contributed by atoms with van der Waals surface area (Å²) in [6.45, 7) is 1.94. The zero-order valence-electron chi connectivity index (χ0n) is 21.8. The molecule has 8 nitrogen and oxygen atoms in total. The second-order valence-corrected chi connectivity index (χ2v) is 10.7. The van der Waals surface area contributed by atoms with Gasteiger partial charge in [0.2, 0.25) is 0 Å². The minimum absolute atomic E-state index is 0.0467. The lowest BCUT2D eigenvalue weighted by Crippen LogP contribution is -2.42. The number of nitrogens with zero attached hydrogens (tertiary/aromatic N) is 1. The second-order valence-electron chi connectivity index (χ2n) is 9.00. The molecule has 3 aromatic carbocycles. The number of methoxy groups -OCH3 is 1. The van der Waals surface area contributed by atoms with Crippen LogP contribution in [0, 0.1) is 18.6 Å². The number of pyridine rings is 1. The number of hydrogen-bond acceptors (Lipinski definition) is 6. The summed E-state index contributed by atoms with van der Waals surface area (Å²) in [5, 5.41) is 5.74. The topological polar surface area (TPSA) is 109 Å². The molecule has 0 aliphatic rings. The van der Waals surface area contributed by atoms with Crippen LogP contribution in [0.4, 0.5) is 19.3 Å². The standard InChI is InChI=1S/C29H28F2N4O4S/c1-19-6-3-4-8-27(19)40(37,38)35-29(36)34-26(16-20-14-22(30)17-23(31)15-20)28-25(7-5-13-32-28)21-9-11-24(12-10-21)33-18-39-2/h3-15,17,26,33H,16,18H2,1-2H3,(H2,34,35,36)/t26-/m0/s1. The number of hydrogen-bond donors (Lipinski definition) is 3. The highest BCUT2D eigenvalue weighted by Gasteiger charge is 2.25. The molecule has 1 atom stereocenters. The summed E-state index contributed by atoms with van der Waals surface area (Å²) in [6.07, 6.45) is 1.46. The molecule has 4 rings (SSSR count). The van der Waals surface area contributed by atoms with Crippen LogP contribution in [0.3, 0.4) is 0 Å². The van der Waals surface area contributed by atoms with Crippen LogP contribution in [0.25, 0.3) is 11.1 Å². The van der Waals surface area contributed by atoms with Gasteiger partial charge in [0, 0.05) is 30.6 Å². The summed E-state index contributed by atoms with van der Waals surface area (Å²) in [6, 6.07) is 18.2. The Balaban J connectivity index is 1.68. The number of sulfonamides is 1. The molecule has 208 valence electrons. The van der Waals surface area contributed by atoms with Crippen molar-refractivity contribution in [2.24, 2.45) is 0 Å². The third-order valence-corrected chi connectivity index (χ3v) is 7.55. The van der Waals surface area contributed by atoms with E-state index in [2.05, 4.69) is 15.6 Å². The number of aryl methyl sites for hydroxylation is 1. The monoisotopic (exact) mass is 566 g/mol. The molecule has 0 spiro atoms. The molecule has 0 aliphatic heterocycles. The predicted octanol–water partition coefficient (Wildman–Crippen LogP) is 5.32. The highest BCUT2D eigenvalue weighted by atomic mass is 32.2. The number of rotatable bonds is 10. The number of benzene rings is 3. The van der Waals surface area contributed by atoms with Crippen molar-refractivity contribution in [3.8, 4) is 11.1 Å². The second kappa shape index (κ2) is 12.7. The smallest absolute Gasteiger partial charge is 0.329 e. The van der Waals surface area contributed by atoms with Crippen LogP contribution in [-0.4, -0.2) is 33.3 Å². The fourth-order valence-electron chi connectivity index (χ4n) is 4.27. The van der Waals surface area contributed by atoms with Gasteiger partial charge in [-0.25, -0.2) is 26.7 Å². The fourth-order valence-corrected chi connectivity index (χ4v) is 5.43. The molecule has 11 heteroatoms. The molecule has 0 bridgehead atoms. The van der Waals surface area contributed by atoms with Crippen LogP contribution >= 0.6 is 0 Å². The summed E-state index contributed by atoms with van der Waals surface area (Å²) in [4.78, 5) is 17.5. The SMILES string of the molecule is COCNc1ccc(-c2cccnc2[C@H](Cc2cc(F)cc(F)c2)NC(=O)NS(=O)(=O)c2ccccc2C)cc1. The van der Waals surface area contributed by atoms with Crippen LogP contribution in [0.2, 0.25) is 0 Å². The molecule has 0 fully saturated rings. The molecular formula is C29H28F2N4O4S. The number of urea groups is 1. The average molecular weight is 567 g/mol. The molecule has 2 amide bonds. The van der Waals surface area contributed by atoms with Gasteiger partial charge in [0.1, 0.15) is 18.4 Å². The maximum Gasteiger partial charge on any atom is 0.329 e. The number of carbonyl (C=O) groups excluding carboxylic acids is 1. The van der Waals surface area contributed by atoms with Gasteiger partial charge in [0.25, 0.3) is 10.0 Å². The van der Waals surface area contributed by atoms with Crippen molar-refractivity contribution in [2.45, 2.75) is 24.3 Å². The first-order valence-electron chi connectivity index (χ1n) is 12.3. The number of aromatic nitrogens is 1. The minimum Gasteiger partial charge on any atom is -0.365 e. The quantitative estimate of drug-likeness (QED) is 0.224. The molecule has 40 heavy (non-hydrogen) atoms. The van der Waals surface area contributed by atoms with Crippen molar-refractivity contribution in [3.63, 3.8) is 0 Å². The Kier molecular flexibility index (Phi) is 9.08. The minimum atomic E-state index is -4.20. The lowest BCUT2D eigenvalue weighted by Gasteiger charge is -2.22. The number of halogens is 2. The Bertz CT molecular complexity index is 1580. The van der Waals surface area contributed by atoms with E-state index in [0.29, 0.717) is 23.6 Å². The van der Waals surface area contributed by atoms with E-state index in [0.717, 1.165) is 29.4 Å². The largest absolute Gasteiger partial charge is 0.365 e. The Morgan fingerprint density at radius 2 is 1.68 bits per heavy atom. The number of carbonyl (C=O) groups is 1. The maximum atomic E-state index is 14.0. The van der Waals surface area contributed by atoms with E-state index in [1.807, 2.05) is 29.0 Å². The third-order valence-electron chi connectivity index (χ3n) is 6.06. The zero-order valence-corrected chi connectivity index (χ0v) is 22.6. The molecule has 3 N–H and O–H groups in total. The van der Waals surface area contributed by atoms with Crippen LogP contribution in [0.1, 0.15) is 22.9 Å². The van der Waals surface area contributed by atoms with E-state index >= 15 is 0 Å². The third kappa shape index (κ3) is 7.19. The van der Waals surface area contributed by atoms with Crippen molar-refractivity contribution in [3.05, 3.63) is 114 Å².